The number of anilines is 1. The molecule has 0 aliphatic carbocycles. The Bertz CT molecular complexity index is 389. The minimum Gasteiger partial charge on any atom is -0.366 e. The summed E-state index contributed by atoms with van der Waals surface area (Å²) in [6.45, 7) is 8.64. The maximum Gasteiger partial charge on any atom is 0.433 e. The number of hydrogen-bond donors (Lipinski definition) is 1. The summed E-state index contributed by atoms with van der Waals surface area (Å²) in [5.41, 5.74) is -0.868. The molecule has 0 aliphatic heterocycles. The van der Waals surface area contributed by atoms with Crippen LogP contribution in [0, 0.1) is 0 Å². The quantitative estimate of drug-likeness (QED) is 0.864. The van der Waals surface area contributed by atoms with Crippen LogP contribution in [-0.4, -0.2) is 35.6 Å². The molecule has 1 aromatic heterocycles. The molecule has 0 radical (unpaired) electrons. The third-order valence-electron chi connectivity index (χ3n) is 2.86. The third-order valence-corrected chi connectivity index (χ3v) is 2.86. The summed E-state index contributed by atoms with van der Waals surface area (Å²) >= 11 is 0. The zero-order valence-electron chi connectivity index (χ0n) is 11.5. The Morgan fingerprint density at radius 1 is 1.26 bits per heavy atom. The Morgan fingerprint density at radius 2 is 1.89 bits per heavy atom. The highest BCUT2D eigenvalue weighted by Crippen LogP contribution is 2.28. The van der Waals surface area contributed by atoms with Crippen LogP contribution in [0.2, 0.25) is 0 Å². The van der Waals surface area contributed by atoms with Gasteiger partial charge in [-0.15, -0.1) is 0 Å². The van der Waals surface area contributed by atoms with Gasteiger partial charge in [-0.05, 0) is 32.1 Å². The van der Waals surface area contributed by atoms with Crippen molar-refractivity contribution in [3.05, 3.63) is 23.9 Å². The van der Waals surface area contributed by atoms with E-state index >= 15 is 0 Å². The topological polar surface area (TPSA) is 28.2 Å². The van der Waals surface area contributed by atoms with E-state index in [-0.39, 0.29) is 11.9 Å². The van der Waals surface area contributed by atoms with Crippen molar-refractivity contribution in [1.82, 2.24) is 9.88 Å². The smallest absolute Gasteiger partial charge is 0.366 e. The standard InChI is InChI=1S/C13H20F3N3/c1-4-19(5-2)9-10(3)17-12-8-6-7-11(18-12)13(14,15)16/h6-8,10H,4-5,9H2,1-3H3,(H,17,18). The second-order valence-corrected chi connectivity index (χ2v) is 4.44. The van der Waals surface area contributed by atoms with Gasteiger partial charge in [-0.25, -0.2) is 4.98 Å². The van der Waals surface area contributed by atoms with Gasteiger partial charge >= 0.3 is 6.18 Å². The average molecular weight is 275 g/mol. The second kappa shape index (κ2) is 6.75. The molecule has 0 bridgehead atoms. The molecule has 1 rings (SSSR count). The number of alkyl halides is 3. The second-order valence-electron chi connectivity index (χ2n) is 4.44. The minimum atomic E-state index is -4.40. The van der Waals surface area contributed by atoms with Crippen LogP contribution in [0.1, 0.15) is 26.5 Å². The fraction of sp³-hybridized carbons (Fsp3) is 0.615. The number of nitrogens with zero attached hydrogens (tertiary/aromatic N) is 2. The maximum atomic E-state index is 12.5. The Hall–Kier alpha value is -1.30. The van der Waals surface area contributed by atoms with E-state index < -0.39 is 11.9 Å². The third kappa shape index (κ3) is 5.06. The fourth-order valence-electron chi connectivity index (χ4n) is 1.84. The molecule has 108 valence electrons. The van der Waals surface area contributed by atoms with Gasteiger partial charge in [-0.2, -0.15) is 13.2 Å². The summed E-state index contributed by atoms with van der Waals surface area (Å²) in [6, 6.07) is 3.92. The molecule has 19 heavy (non-hydrogen) atoms. The van der Waals surface area contributed by atoms with E-state index in [1.54, 1.807) is 6.07 Å². The van der Waals surface area contributed by atoms with Gasteiger partial charge in [-0.3, -0.25) is 0 Å². The van der Waals surface area contributed by atoms with Gasteiger partial charge in [0.1, 0.15) is 11.5 Å². The first-order valence-electron chi connectivity index (χ1n) is 6.40. The van der Waals surface area contributed by atoms with Crippen LogP contribution in [0.15, 0.2) is 18.2 Å². The first-order chi connectivity index (χ1) is 8.86. The summed E-state index contributed by atoms with van der Waals surface area (Å²) in [5, 5.41) is 3.00. The lowest BCUT2D eigenvalue weighted by atomic mass is 10.3. The highest BCUT2D eigenvalue weighted by atomic mass is 19.4. The zero-order chi connectivity index (χ0) is 14.5. The minimum absolute atomic E-state index is 0.0379. The number of rotatable bonds is 6. The molecule has 1 N–H and O–H groups in total. The molecule has 1 atom stereocenters. The molecule has 0 aliphatic rings. The van der Waals surface area contributed by atoms with Crippen molar-refractivity contribution < 1.29 is 13.2 Å². The van der Waals surface area contributed by atoms with E-state index in [1.165, 1.54) is 6.07 Å². The van der Waals surface area contributed by atoms with E-state index in [2.05, 4.69) is 29.0 Å². The molecule has 0 saturated carbocycles. The van der Waals surface area contributed by atoms with Gasteiger partial charge in [0.25, 0.3) is 0 Å². The van der Waals surface area contributed by atoms with Crippen molar-refractivity contribution in [1.29, 1.82) is 0 Å². The van der Waals surface area contributed by atoms with Crippen molar-refractivity contribution in [3.8, 4) is 0 Å². The van der Waals surface area contributed by atoms with Gasteiger partial charge in [0.2, 0.25) is 0 Å². The Morgan fingerprint density at radius 3 is 2.42 bits per heavy atom. The summed E-state index contributed by atoms with van der Waals surface area (Å²) in [5.74, 6) is 0.259. The van der Waals surface area contributed by atoms with Gasteiger partial charge in [0, 0.05) is 12.6 Å². The van der Waals surface area contributed by atoms with Crippen molar-refractivity contribution in [2.24, 2.45) is 0 Å². The SMILES string of the molecule is CCN(CC)CC(C)Nc1cccc(C(F)(F)F)n1. The largest absolute Gasteiger partial charge is 0.433 e. The van der Waals surface area contributed by atoms with Crippen LogP contribution < -0.4 is 5.32 Å². The lowest BCUT2D eigenvalue weighted by Crippen LogP contribution is -2.35. The molecule has 1 aromatic rings. The average Bonchev–Trinajstić information content (AvgIpc) is 2.35. The molecule has 0 aromatic carbocycles. The molecule has 0 fully saturated rings. The van der Waals surface area contributed by atoms with Crippen LogP contribution in [0.3, 0.4) is 0 Å². The predicted octanol–water partition coefficient (Wildman–Crippen LogP) is 3.24. The van der Waals surface area contributed by atoms with Gasteiger partial charge in [-0.1, -0.05) is 19.9 Å². The first-order valence-corrected chi connectivity index (χ1v) is 6.40. The highest BCUT2D eigenvalue weighted by Gasteiger charge is 2.32. The molecule has 1 unspecified atom stereocenters. The number of halogens is 3. The summed E-state index contributed by atoms with van der Waals surface area (Å²) < 4.78 is 37.6. The number of pyridine rings is 1. The molecule has 0 saturated heterocycles. The zero-order valence-corrected chi connectivity index (χ0v) is 11.5. The van der Waals surface area contributed by atoms with E-state index in [1.807, 2.05) is 6.92 Å². The number of nitrogens with one attached hydrogen (secondary N) is 1. The normalized spacial score (nSPS) is 13.6. The molecule has 0 amide bonds. The van der Waals surface area contributed by atoms with Crippen LogP contribution in [0.4, 0.5) is 19.0 Å². The molecule has 3 nitrogen and oxygen atoms in total. The highest BCUT2D eigenvalue weighted by molar-refractivity contribution is 5.36. The summed E-state index contributed by atoms with van der Waals surface area (Å²) in [7, 11) is 0. The van der Waals surface area contributed by atoms with E-state index in [0.29, 0.717) is 0 Å². The Balaban J connectivity index is 2.67. The van der Waals surface area contributed by atoms with E-state index in [0.717, 1.165) is 25.7 Å². The van der Waals surface area contributed by atoms with Gasteiger partial charge in [0.15, 0.2) is 0 Å². The fourth-order valence-corrected chi connectivity index (χ4v) is 1.84. The molecule has 1 heterocycles. The van der Waals surface area contributed by atoms with Crippen molar-refractivity contribution >= 4 is 5.82 Å². The molecular formula is C13H20F3N3. The monoisotopic (exact) mass is 275 g/mol. The first kappa shape index (κ1) is 15.8. The Labute approximate surface area is 111 Å². The van der Waals surface area contributed by atoms with E-state index in [4.69, 9.17) is 0 Å². The molecule has 6 heteroatoms. The summed E-state index contributed by atoms with van der Waals surface area (Å²) in [4.78, 5) is 5.79. The Kier molecular flexibility index (Phi) is 5.60. The van der Waals surface area contributed by atoms with Crippen molar-refractivity contribution in [2.75, 3.05) is 25.0 Å². The van der Waals surface area contributed by atoms with Crippen LogP contribution in [-0.2, 0) is 6.18 Å². The van der Waals surface area contributed by atoms with E-state index in [9.17, 15) is 13.2 Å². The van der Waals surface area contributed by atoms with Gasteiger partial charge < -0.3 is 10.2 Å². The number of hydrogen-bond acceptors (Lipinski definition) is 3. The number of aromatic nitrogens is 1. The molecular weight excluding hydrogens is 255 g/mol. The lowest BCUT2D eigenvalue weighted by Gasteiger charge is -2.23. The predicted molar refractivity (Wildman–Crippen MR) is 70.1 cm³/mol. The maximum absolute atomic E-state index is 12.5. The summed E-state index contributed by atoms with van der Waals surface area (Å²) in [6.07, 6.45) is -4.40. The van der Waals surface area contributed by atoms with Crippen LogP contribution in [0.5, 0.6) is 0 Å². The van der Waals surface area contributed by atoms with Crippen molar-refractivity contribution in [3.63, 3.8) is 0 Å². The van der Waals surface area contributed by atoms with Gasteiger partial charge in [0.05, 0.1) is 0 Å². The van der Waals surface area contributed by atoms with Crippen LogP contribution in [0.25, 0.3) is 0 Å². The number of likely N-dealkylation sites (N-methyl/N-ethyl adjacent to an activating group) is 1. The van der Waals surface area contributed by atoms with Crippen molar-refractivity contribution in [2.45, 2.75) is 33.0 Å². The van der Waals surface area contributed by atoms with Crippen LogP contribution >= 0.6 is 0 Å². The molecule has 0 spiro atoms. The lowest BCUT2D eigenvalue weighted by molar-refractivity contribution is -0.141.